The molecule has 1 saturated heterocycles. The number of Topliss-reactive ketones (excluding diaryl/α,β-unsaturated/α-hetero) is 1. The van der Waals surface area contributed by atoms with Crippen molar-refractivity contribution in [3.63, 3.8) is 0 Å². The van der Waals surface area contributed by atoms with Crippen molar-refractivity contribution in [2.75, 3.05) is 25.0 Å². The molecule has 0 radical (unpaired) electrons. The molecule has 4 nitrogen and oxygen atoms in total. The summed E-state index contributed by atoms with van der Waals surface area (Å²) in [5, 5.41) is 2.03. The van der Waals surface area contributed by atoms with Crippen LogP contribution in [0.15, 0.2) is 0 Å². The number of rotatable bonds is 4. The monoisotopic (exact) mass is 344 g/mol. The molecule has 19 heavy (non-hydrogen) atoms. The number of amides is 2. The number of urea groups is 1. The lowest BCUT2D eigenvalue weighted by atomic mass is 9.91. The quantitative estimate of drug-likeness (QED) is 0.794. The number of halogens is 4. The molecule has 0 aromatic carbocycles. The number of carbonyl (C=O) groups excluding carboxylic acids is 2. The Balaban J connectivity index is 2.57. The lowest BCUT2D eigenvalue weighted by Gasteiger charge is -2.17. The minimum absolute atomic E-state index is 0.0155. The molecule has 110 valence electrons. The van der Waals surface area contributed by atoms with Crippen LogP contribution in [0.2, 0.25) is 0 Å². The highest BCUT2D eigenvalue weighted by atomic mass is 79.9. The standard InChI is InChI=1S/C11H16BrF3N2O2/c1-2-7-4-17(5-8(7)9(18)3-12)10(19)16-6-11(13,14)15/h7-8H,2-6H2,1H3,(H,16,19)/t7-,8+/m1/s1. The Hall–Kier alpha value is -0.790. The van der Waals surface area contributed by atoms with E-state index in [1.54, 1.807) is 0 Å². The minimum atomic E-state index is -4.43. The molecule has 0 saturated carbocycles. The fourth-order valence-electron chi connectivity index (χ4n) is 2.20. The fourth-order valence-corrected chi connectivity index (χ4v) is 2.62. The zero-order valence-electron chi connectivity index (χ0n) is 10.5. The Morgan fingerprint density at radius 2 is 2.00 bits per heavy atom. The topological polar surface area (TPSA) is 49.4 Å². The molecule has 1 aliphatic heterocycles. The highest BCUT2D eigenvalue weighted by molar-refractivity contribution is 9.09. The van der Waals surface area contributed by atoms with Crippen molar-refractivity contribution in [3.05, 3.63) is 0 Å². The number of alkyl halides is 4. The summed E-state index contributed by atoms with van der Waals surface area (Å²) in [6.45, 7) is 1.06. The van der Waals surface area contributed by atoms with Gasteiger partial charge in [-0.15, -0.1) is 0 Å². The van der Waals surface area contributed by atoms with Crippen molar-refractivity contribution >= 4 is 27.7 Å². The van der Waals surface area contributed by atoms with Crippen molar-refractivity contribution < 1.29 is 22.8 Å². The molecule has 1 N–H and O–H groups in total. The van der Waals surface area contributed by atoms with Crippen molar-refractivity contribution in [2.24, 2.45) is 11.8 Å². The van der Waals surface area contributed by atoms with Crippen LogP contribution >= 0.6 is 15.9 Å². The Labute approximate surface area is 117 Å². The summed E-state index contributed by atoms with van der Waals surface area (Å²) in [5.41, 5.74) is 0. The van der Waals surface area contributed by atoms with E-state index in [-0.39, 0.29) is 29.5 Å². The lowest BCUT2D eigenvalue weighted by molar-refractivity contribution is -0.123. The van der Waals surface area contributed by atoms with E-state index in [1.165, 1.54) is 4.90 Å². The Morgan fingerprint density at radius 1 is 1.37 bits per heavy atom. The van der Waals surface area contributed by atoms with Crippen molar-refractivity contribution in [1.82, 2.24) is 10.2 Å². The van der Waals surface area contributed by atoms with Gasteiger partial charge in [-0.25, -0.2) is 4.79 Å². The first-order valence-corrected chi connectivity index (χ1v) is 7.08. The molecule has 0 aromatic heterocycles. The summed E-state index contributed by atoms with van der Waals surface area (Å²) in [7, 11) is 0. The van der Waals surface area contributed by atoms with Gasteiger partial charge in [0.1, 0.15) is 12.3 Å². The van der Waals surface area contributed by atoms with Crippen LogP contribution in [0, 0.1) is 11.8 Å². The Morgan fingerprint density at radius 3 is 2.47 bits per heavy atom. The second-order valence-electron chi connectivity index (χ2n) is 4.55. The van der Waals surface area contributed by atoms with Gasteiger partial charge in [-0.2, -0.15) is 13.2 Å². The molecule has 0 aliphatic carbocycles. The number of nitrogens with one attached hydrogen (secondary N) is 1. The van der Waals surface area contributed by atoms with Gasteiger partial charge in [0.25, 0.3) is 0 Å². The summed E-state index contributed by atoms with van der Waals surface area (Å²) in [6, 6.07) is -0.763. The molecular weight excluding hydrogens is 329 g/mol. The van der Waals surface area contributed by atoms with Crippen LogP contribution in [-0.2, 0) is 4.79 Å². The van der Waals surface area contributed by atoms with Gasteiger partial charge >= 0.3 is 12.2 Å². The molecule has 0 spiro atoms. The van der Waals surface area contributed by atoms with E-state index in [0.29, 0.717) is 13.0 Å². The molecule has 1 aliphatic rings. The Bertz CT molecular complexity index is 349. The second kappa shape index (κ2) is 6.58. The predicted molar refractivity (Wildman–Crippen MR) is 67.1 cm³/mol. The lowest BCUT2D eigenvalue weighted by Crippen LogP contribution is -2.43. The maximum Gasteiger partial charge on any atom is 0.405 e. The van der Waals surface area contributed by atoms with Crippen LogP contribution in [0.1, 0.15) is 13.3 Å². The third-order valence-electron chi connectivity index (χ3n) is 3.24. The first kappa shape index (κ1) is 16.3. The van der Waals surface area contributed by atoms with Gasteiger partial charge < -0.3 is 10.2 Å². The maximum absolute atomic E-state index is 12.0. The van der Waals surface area contributed by atoms with Crippen LogP contribution in [-0.4, -0.2) is 47.9 Å². The van der Waals surface area contributed by atoms with E-state index in [1.807, 2.05) is 12.2 Å². The van der Waals surface area contributed by atoms with Gasteiger partial charge in [0.2, 0.25) is 0 Å². The number of ketones is 1. The van der Waals surface area contributed by atoms with Gasteiger partial charge in [-0.3, -0.25) is 4.79 Å². The average Bonchev–Trinajstić information content (AvgIpc) is 2.78. The zero-order chi connectivity index (χ0) is 14.6. The van der Waals surface area contributed by atoms with Gasteiger partial charge in [-0.05, 0) is 5.92 Å². The van der Waals surface area contributed by atoms with Crippen LogP contribution in [0.4, 0.5) is 18.0 Å². The molecule has 2 amide bonds. The molecule has 1 fully saturated rings. The fraction of sp³-hybridized carbons (Fsp3) is 0.818. The van der Waals surface area contributed by atoms with Crippen LogP contribution < -0.4 is 5.32 Å². The van der Waals surface area contributed by atoms with Crippen LogP contribution in [0.5, 0.6) is 0 Å². The average molecular weight is 345 g/mol. The highest BCUT2D eigenvalue weighted by Crippen LogP contribution is 2.27. The SMILES string of the molecule is CC[C@@H]1CN(C(=O)NCC(F)(F)F)C[C@@H]1C(=O)CBr. The minimum Gasteiger partial charge on any atom is -0.329 e. The molecule has 1 rings (SSSR count). The molecule has 2 atom stereocenters. The summed E-state index contributed by atoms with van der Waals surface area (Å²) in [6.07, 6.45) is -3.71. The van der Waals surface area contributed by atoms with E-state index < -0.39 is 18.8 Å². The summed E-state index contributed by atoms with van der Waals surface area (Å²) >= 11 is 3.08. The number of likely N-dealkylation sites (tertiary alicyclic amines) is 1. The first-order valence-electron chi connectivity index (χ1n) is 5.96. The molecule has 0 aromatic rings. The smallest absolute Gasteiger partial charge is 0.329 e. The zero-order valence-corrected chi connectivity index (χ0v) is 12.1. The van der Waals surface area contributed by atoms with E-state index in [4.69, 9.17) is 0 Å². The predicted octanol–water partition coefficient (Wildman–Crippen LogP) is 2.18. The number of nitrogens with zero attached hydrogens (tertiary/aromatic N) is 1. The number of carbonyl (C=O) groups is 2. The molecule has 8 heteroatoms. The van der Waals surface area contributed by atoms with Crippen LogP contribution in [0.25, 0.3) is 0 Å². The van der Waals surface area contributed by atoms with E-state index in [0.717, 1.165) is 0 Å². The number of hydrogen-bond donors (Lipinski definition) is 1. The molecule has 0 unspecified atom stereocenters. The van der Waals surface area contributed by atoms with Crippen molar-refractivity contribution in [1.29, 1.82) is 0 Å². The van der Waals surface area contributed by atoms with Gasteiger partial charge in [0.05, 0.1) is 5.33 Å². The maximum atomic E-state index is 12.0. The summed E-state index contributed by atoms with van der Waals surface area (Å²) < 4.78 is 36.0. The summed E-state index contributed by atoms with van der Waals surface area (Å²) in [5.74, 6) is -0.291. The normalized spacial score (nSPS) is 23.5. The Kier molecular flexibility index (Phi) is 5.64. The van der Waals surface area contributed by atoms with Crippen molar-refractivity contribution in [3.8, 4) is 0 Å². The first-order chi connectivity index (χ1) is 8.78. The van der Waals surface area contributed by atoms with Crippen LogP contribution in [0.3, 0.4) is 0 Å². The number of hydrogen-bond acceptors (Lipinski definition) is 2. The molecule has 0 bridgehead atoms. The second-order valence-corrected chi connectivity index (χ2v) is 5.11. The van der Waals surface area contributed by atoms with Gasteiger partial charge in [0, 0.05) is 19.0 Å². The largest absolute Gasteiger partial charge is 0.405 e. The van der Waals surface area contributed by atoms with Crippen molar-refractivity contribution in [2.45, 2.75) is 19.5 Å². The van der Waals surface area contributed by atoms with E-state index in [9.17, 15) is 22.8 Å². The highest BCUT2D eigenvalue weighted by Gasteiger charge is 2.38. The van der Waals surface area contributed by atoms with E-state index in [2.05, 4.69) is 15.9 Å². The molecular formula is C11H16BrF3N2O2. The summed E-state index contributed by atoms with van der Waals surface area (Å²) in [4.78, 5) is 24.6. The third-order valence-corrected chi connectivity index (χ3v) is 3.79. The van der Waals surface area contributed by atoms with Gasteiger partial charge in [0.15, 0.2) is 0 Å². The van der Waals surface area contributed by atoms with E-state index >= 15 is 0 Å². The van der Waals surface area contributed by atoms with Gasteiger partial charge in [-0.1, -0.05) is 29.3 Å². The third kappa shape index (κ3) is 4.67. The molecule has 1 heterocycles.